The van der Waals surface area contributed by atoms with Gasteiger partial charge in [-0.15, -0.1) is 0 Å². The van der Waals surface area contributed by atoms with Gasteiger partial charge in [0.05, 0.1) is 0 Å². The predicted octanol–water partition coefficient (Wildman–Crippen LogP) is 3.45. The van der Waals surface area contributed by atoms with Gasteiger partial charge in [0.25, 0.3) is 0 Å². The summed E-state index contributed by atoms with van der Waals surface area (Å²) in [5, 5.41) is 3.16. The molecule has 1 fully saturated rings. The number of carbonyl (C=O) groups is 1. The van der Waals surface area contributed by atoms with Crippen molar-refractivity contribution in [2.24, 2.45) is 0 Å². The Labute approximate surface area is 161 Å². The highest BCUT2D eigenvalue weighted by Crippen LogP contribution is 2.18. The summed E-state index contributed by atoms with van der Waals surface area (Å²) in [6.07, 6.45) is 7.11. The van der Waals surface area contributed by atoms with E-state index < -0.39 is 0 Å². The van der Waals surface area contributed by atoms with E-state index in [0.29, 0.717) is 0 Å². The van der Waals surface area contributed by atoms with Crippen LogP contribution in [0.2, 0.25) is 0 Å². The molecule has 0 atom stereocenters. The van der Waals surface area contributed by atoms with E-state index in [2.05, 4.69) is 44.5 Å². The van der Waals surface area contributed by atoms with E-state index in [1.807, 2.05) is 26.0 Å². The molecule has 1 aliphatic heterocycles. The summed E-state index contributed by atoms with van der Waals surface area (Å²) in [7, 11) is 0. The molecule has 0 spiro atoms. The number of carbonyl (C=O) groups excluding carboxylic acids is 1. The van der Waals surface area contributed by atoms with E-state index in [1.165, 1.54) is 5.56 Å². The number of benzene rings is 1. The Kier molecular flexibility index (Phi) is 6.58. The smallest absolute Gasteiger partial charge is 0.244 e. The Bertz CT molecular complexity index is 780. The molecule has 1 saturated heterocycles. The van der Waals surface area contributed by atoms with Crippen LogP contribution in [-0.4, -0.2) is 35.0 Å². The predicted molar refractivity (Wildman–Crippen MR) is 109 cm³/mol. The number of piperidine rings is 1. The van der Waals surface area contributed by atoms with Gasteiger partial charge in [-0.25, -0.2) is 9.97 Å². The van der Waals surface area contributed by atoms with E-state index in [0.717, 1.165) is 55.9 Å². The van der Waals surface area contributed by atoms with Crippen LogP contribution in [0.15, 0.2) is 54.4 Å². The van der Waals surface area contributed by atoms with Gasteiger partial charge >= 0.3 is 0 Å². The quantitative estimate of drug-likeness (QED) is 0.798. The maximum absolute atomic E-state index is 12.3. The molecule has 2 heterocycles. The molecule has 3 rings (SSSR count). The minimum atomic E-state index is 0.0249. The first kappa shape index (κ1) is 19.1. The maximum atomic E-state index is 12.3. The minimum absolute atomic E-state index is 0.0249. The van der Waals surface area contributed by atoms with E-state index >= 15 is 0 Å². The topological polar surface area (TPSA) is 58.1 Å². The Morgan fingerprint density at radius 1 is 1.22 bits per heavy atom. The van der Waals surface area contributed by atoms with Gasteiger partial charge in [-0.2, -0.15) is 0 Å². The maximum Gasteiger partial charge on any atom is 0.244 e. The lowest BCUT2D eigenvalue weighted by Crippen LogP contribution is -2.44. The molecule has 1 aromatic carbocycles. The highest BCUT2D eigenvalue weighted by Gasteiger charge is 2.21. The molecule has 0 radical (unpaired) electrons. The van der Waals surface area contributed by atoms with Gasteiger partial charge in [0.15, 0.2) is 0 Å². The van der Waals surface area contributed by atoms with Crippen molar-refractivity contribution in [2.75, 3.05) is 18.0 Å². The fourth-order valence-corrected chi connectivity index (χ4v) is 3.39. The molecule has 27 heavy (non-hydrogen) atoms. The van der Waals surface area contributed by atoms with E-state index in [1.54, 1.807) is 12.4 Å². The number of nitrogens with one attached hydrogen (secondary N) is 1. The largest absolute Gasteiger partial charge is 0.356 e. The van der Waals surface area contributed by atoms with Crippen LogP contribution < -0.4 is 10.2 Å². The summed E-state index contributed by atoms with van der Waals surface area (Å²) in [5.41, 5.74) is 3.40. The van der Waals surface area contributed by atoms with Gasteiger partial charge in [-0.3, -0.25) is 4.79 Å². The van der Waals surface area contributed by atoms with Crippen LogP contribution >= 0.6 is 0 Å². The van der Waals surface area contributed by atoms with Crippen molar-refractivity contribution in [1.82, 2.24) is 15.3 Å². The lowest BCUT2D eigenvalue weighted by atomic mass is 10.0. The van der Waals surface area contributed by atoms with Gasteiger partial charge < -0.3 is 10.2 Å². The molecule has 142 valence electrons. The number of rotatable bonds is 6. The molecule has 1 amide bonds. The fourth-order valence-electron chi connectivity index (χ4n) is 3.39. The summed E-state index contributed by atoms with van der Waals surface area (Å²) in [5.74, 6) is 1.00. The zero-order valence-corrected chi connectivity index (χ0v) is 16.2. The number of amides is 1. The van der Waals surface area contributed by atoms with E-state index in [4.69, 9.17) is 0 Å². The number of nitrogens with zero attached hydrogens (tertiary/aromatic N) is 3. The van der Waals surface area contributed by atoms with Gasteiger partial charge in [-0.1, -0.05) is 35.9 Å². The normalized spacial score (nSPS) is 15.6. The van der Waals surface area contributed by atoms with Crippen LogP contribution in [0, 0.1) is 6.92 Å². The highest BCUT2D eigenvalue weighted by molar-refractivity contribution is 5.88. The number of hydrogen-bond donors (Lipinski definition) is 1. The molecule has 2 aromatic rings. The third-order valence-corrected chi connectivity index (χ3v) is 4.98. The Morgan fingerprint density at radius 2 is 1.96 bits per heavy atom. The first-order valence-electron chi connectivity index (χ1n) is 9.65. The monoisotopic (exact) mass is 364 g/mol. The van der Waals surface area contributed by atoms with Crippen molar-refractivity contribution in [3.63, 3.8) is 0 Å². The zero-order valence-electron chi connectivity index (χ0n) is 16.2. The molecule has 0 unspecified atom stereocenters. The second-order valence-corrected chi connectivity index (χ2v) is 7.26. The minimum Gasteiger partial charge on any atom is -0.356 e. The van der Waals surface area contributed by atoms with Crippen molar-refractivity contribution in [1.29, 1.82) is 0 Å². The summed E-state index contributed by atoms with van der Waals surface area (Å²) in [6, 6.07) is 12.6. The average Bonchev–Trinajstić information content (AvgIpc) is 2.68. The van der Waals surface area contributed by atoms with E-state index in [9.17, 15) is 4.79 Å². The molecular formula is C22H28N4O. The van der Waals surface area contributed by atoms with Gasteiger partial charge in [-0.05, 0) is 45.1 Å². The number of hydrogen-bond acceptors (Lipinski definition) is 4. The van der Waals surface area contributed by atoms with Crippen LogP contribution in [0.3, 0.4) is 0 Å². The van der Waals surface area contributed by atoms with Crippen molar-refractivity contribution >= 4 is 11.7 Å². The molecule has 5 nitrogen and oxygen atoms in total. The molecule has 1 N–H and O–H groups in total. The van der Waals surface area contributed by atoms with Gasteiger partial charge in [0, 0.05) is 37.0 Å². The Hall–Kier alpha value is -2.69. The van der Waals surface area contributed by atoms with Crippen LogP contribution in [-0.2, 0) is 11.2 Å². The second kappa shape index (κ2) is 9.31. The highest BCUT2D eigenvalue weighted by atomic mass is 16.1. The lowest BCUT2D eigenvalue weighted by molar-refractivity contribution is -0.117. The molecular weight excluding hydrogens is 336 g/mol. The number of aryl methyl sites for hydroxylation is 2. The van der Waals surface area contributed by atoms with Crippen LogP contribution in [0.5, 0.6) is 0 Å². The molecule has 1 aromatic heterocycles. The van der Waals surface area contributed by atoms with Crippen molar-refractivity contribution in [3.8, 4) is 0 Å². The second-order valence-electron chi connectivity index (χ2n) is 7.26. The summed E-state index contributed by atoms with van der Waals surface area (Å²) in [4.78, 5) is 23.1. The molecule has 1 aliphatic rings. The van der Waals surface area contributed by atoms with E-state index in [-0.39, 0.29) is 11.9 Å². The zero-order chi connectivity index (χ0) is 19.1. The van der Waals surface area contributed by atoms with Crippen LogP contribution in [0.1, 0.15) is 37.4 Å². The summed E-state index contributed by atoms with van der Waals surface area (Å²) < 4.78 is 0. The fraction of sp³-hybridized carbons (Fsp3) is 0.409. The lowest BCUT2D eigenvalue weighted by Gasteiger charge is -2.33. The number of anilines is 1. The van der Waals surface area contributed by atoms with Crippen molar-refractivity contribution in [3.05, 3.63) is 65.6 Å². The van der Waals surface area contributed by atoms with Crippen molar-refractivity contribution < 1.29 is 4.79 Å². The first-order chi connectivity index (χ1) is 13.1. The van der Waals surface area contributed by atoms with Crippen LogP contribution in [0.4, 0.5) is 5.82 Å². The van der Waals surface area contributed by atoms with Gasteiger partial charge in [0.1, 0.15) is 12.1 Å². The summed E-state index contributed by atoms with van der Waals surface area (Å²) in [6.45, 7) is 5.81. The van der Waals surface area contributed by atoms with Crippen LogP contribution in [0.25, 0.3) is 0 Å². The average molecular weight is 364 g/mol. The third kappa shape index (κ3) is 5.91. The third-order valence-electron chi connectivity index (χ3n) is 4.98. The molecule has 0 saturated carbocycles. The molecule has 0 aliphatic carbocycles. The van der Waals surface area contributed by atoms with Crippen molar-refractivity contribution in [2.45, 2.75) is 45.6 Å². The molecule has 0 bridgehead atoms. The standard InChI is InChI=1S/C22H28N4O/c1-17(8-9-19-6-4-3-5-7-19)14-22(27)25-20-10-12-26(13-11-20)21-15-18(2)23-16-24-21/h3-7,14-16,20H,8-13H2,1-2H3,(H,25,27). The molecule has 5 heteroatoms. The Balaban J connectivity index is 1.43. The summed E-state index contributed by atoms with van der Waals surface area (Å²) >= 11 is 0. The Morgan fingerprint density at radius 3 is 2.67 bits per heavy atom. The first-order valence-corrected chi connectivity index (χ1v) is 9.65. The number of aromatic nitrogens is 2. The number of allylic oxidation sites excluding steroid dienone is 1. The SMILES string of the molecule is CC(=CC(=O)NC1CCN(c2cc(C)ncn2)CC1)CCc1ccccc1. The van der Waals surface area contributed by atoms with Gasteiger partial charge in [0.2, 0.25) is 5.91 Å².